The predicted octanol–water partition coefficient (Wildman–Crippen LogP) is 2.04. The number of rotatable bonds is 5. The molecule has 3 rings (SSSR count). The smallest absolute Gasteiger partial charge is 0.336 e. The number of para-hydroxylation sites is 1. The molecule has 0 aliphatic carbocycles. The molecular weight excluding hydrogens is 352 g/mol. The number of benzene rings is 2. The van der Waals surface area contributed by atoms with Crippen molar-refractivity contribution in [3.8, 4) is 17.2 Å². The number of phenolic OH excluding ortho intramolecular Hbond substituents is 2. The van der Waals surface area contributed by atoms with E-state index in [1.54, 1.807) is 19.1 Å². The Bertz CT molecular complexity index is 1090. The highest BCUT2D eigenvalue weighted by molar-refractivity contribution is 5.86. The summed E-state index contributed by atoms with van der Waals surface area (Å²) < 4.78 is 10.5. The molecule has 27 heavy (non-hydrogen) atoms. The van der Waals surface area contributed by atoms with Crippen LogP contribution >= 0.6 is 0 Å². The van der Waals surface area contributed by atoms with Crippen molar-refractivity contribution < 1.29 is 24.2 Å². The fraction of sp³-hybridized carbons (Fsp3) is 0.105. The van der Waals surface area contributed by atoms with Crippen LogP contribution in [0.3, 0.4) is 0 Å². The molecule has 3 N–H and O–H groups in total. The first-order valence-electron chi connectivity index (χ1n) is 7.94. The molecule has 1 heterocycles. The molecule has 0 saturated heterocycles. The lowest BCUT2D eigenvalue weighted by Gasteiger charge is -2.07. The lowest BCUT2D eigenvalue weighted by Crippen LogP contribution is -2.24. The first kappa shape index (κ1) is 18.0. The Morgan fingerprint density at radius 3 is 2.89 bits per heavy atom. The van der Waals surface area contributed by atoms with Gasteiger partial charge >= 0.3 is 5.63 Å². The number of phenols is 2. The summed E-state index contributed by atoms with van der Waals surface area (Å²) >= 11 is 0. The second-order valence-corrected chi connectivity index (χ2v) is 5.70. The van der Waals surface area contributed by atoms with E-state index >= 15 is 0 Å². The van der Waals surface area contributed by atoms with Crippen molar-refractivity contribution in [2.24, 2.45) is 5.10 Å². The zero-order valence-electron chi connectivity index (χ0n) is 14.3. The van der Waals surface area contributed by atoms with Gasteiger partial charge in [-0.15, -0.1) is 0 Å². The van der Waals surface area contributed by atoms with E-state index < -0.39 is 11.5 Å². The Labute approximate surface area is 153 Å². The molecular formula is C19H16N2O6. The number of aromatic hydroxyl groups is 2. The molecule has 1 amide bonds. The first-order valence-corrected chi connectivity index (χ1v) is 7.94. The van der Waals surface area contributed by atoms with Gasteiger partial charge in [0.05, 0.1) is 6.21 Å². The van der Waals surface area contributed by atoms with Gasteiger partial charge in [-0.2, -0.15) is 5.10 Å². The van der Waals surface area contributed by atoms with Crippen molar-refractivity contribution in [1.82, 2.24) is 5.43 Å². The van der Waals surface area contributed by atoms with E-state index in [9.17, 15) is 19.8 Å². The topological polar surface area (TPSA) is 121 Å². The number of hydrazone groups is 1. The Balaban J connectivity index is 1.60. The van der Waals surface area contributed by atoms with Crippen molar-refractivity contribution in [1.29, 1.82) is 0 Å². The molecule has 0 saturated carbocycles. The normalized spacial score (nSPS) is 11.0. The third-order valence-electron chi connectivity index (χ3n) is 3.73. The van der Waals surface area contributed by atoms with Gasteiger partial charge in [0, 0.05) is 23.1 Å². The maximum Gasteiger partial charge on any atom is 0.336 e. The summed E-state index contributed by atoms with van der Waals surface area (Å²) in [6.45, 7) is 1.49. The standard InChI is InChI=1S/C19H16N2O6/c1-11-7-18(24)27-16-8-13(5-6-14(11)16)26-10-17(23)21-20-9-12-3-2-4-15(22)19(12)25/h2-9,22,25H,10H2,1H3,(H,21,23)/b20-9+. The van der Waals surface area contributed by atoms with Crippen LogP contribution in [0, 0.1) is 6.92 Å². The summed E-state index contributed by atoms with van der Waals surface area (Å²) in [5, 5.41) is 23.5. The monoisotopic (exact) mass is 368 g/mol. The SMILES string of the molecule is Cc1cc(=O)oc2cc(OCC(=O)N/N=C/c3cccc(O)c3O)ccc12. The molecule has 0 atom stereocenters. The highest BCUT2D eigenvalue weighted by Crippen LogP contribution is 2.26. The van der Waals surface area contributed by atoms with Crippen LogP contribution in [0.25, 0.3) is 11.0 Å². The highest BCUT2D eigenvalue weighted by atomic mass is 16.5. The molecule has 0 radical (unpaired) electrons. The average Bonchev–Trinajstić information content (AvgIpc) is 2.63. The number of hydrogen-bond donors (Lipinski definition) is 3. The lowest BCUT2D eigenvalue weighted by molar-refractivity contribution is -0.123. The number of carbonyl (C=O) groups excluding carboxylic acids is 1. The number of aryl methyl sites for hydroxylation is 1. The highest BCUT2D eigenvalue weighted by Gasteiger charge is 2.07. The largest absolute Gasteiger partial charge is 0.504 e. The molecule has 2 aromatic carbocycles. The number of nitrogens with one attached hydrogen (secondary N) is 1. The van der Waals surface area contributed by atoms with Crippen LogP contribution in [0.5, 0.6) is 17.2 Å². The maximum absolute atomic E-state index is 11.8. The minimum atomic E-state index is -0.531. The Kier molecular flexibility index (Phi) is 5.07. The number of ether oxygens (including phenoxy) is 1. The third-order valence-corrected chi connectivity index (χ3v) is 3.73. The quantitative estimate of drug-likeness (QED) is 0.274. The lowest BCUT2D eigenvalue weighted by atomic mass is 10.1. The van der Waals surface area contributed by atoms with E-state index in [-0.39, 0.29) is 23.7 Å². The molecule has 0 aliphatic rings. The first-order chi connectivity index (χ1) is 12.9. The summed E-state index contributed by atoms with van der Waals surface area (Å²) in [7, 11) is 0. The van der Waals surface area contributed by atoms with Crippen molar-refractivity contribution in [2.45, 2.75) is 6.92 Å². The Hall–Kier alpha value is -3.81. The van der Waals surface area contributed by atoms with Crippen LogP contribution < -0.4 is 15.8 Å². The van der Waals surface area contributed by atoms with Gasteiger partial charge in [0.2, 0.25) is 0 Å². The Morgan fingerprint density at radius 1 is 1.26 bits per heavy atom. The molecule has 3 aromatic rings. The number of fused-ring (bicyclic) bond motifs is 1. The van der Waals surface area contributed by atoms with Crippen molar-refractivity contribution >= 4 is 23.1 Å². The molecule has 0 unspecified atom stereocenters. The van der Waals surface area contributed by atoms with Crippen molar-refractivity contribution in [3.05, 3.63) is 64.0 Å². The molecule has 1 aromatic heterocycles. The molecule has 0 spiro atoms. The molecule has 8 heteroatoms. The van der Waals surface area contributed by atoms with Crippen LogP contribution in [-0.4, -0.2) is 28.9 Å². The zero-order chi connectivity index (χ0) is 19.4. The molecule has 0 bridgehead atoms. The van der Waals surface area contributed by atoms with Gasteiger partial charge < -0.3 is 19.4 Å². The summed E-state index contributed by atoms with van der Waals surface area (Å²) in [4.78, 5) is 23.2. The number of hydrogen-bond acceptors (Lipinski definition) is 7. The maximum atomic E-state index is 11.8. The number of nitrogens with zero attached hydrogens (tertiary/aromatic N) is 1. The molecule has 0 aliphatic heterocycles. The average molecular weight is 368 g/mol. The van der Waals surface area contributed by atoms with Gasteiger partial charge in [-0.3, -0.25) is 4.79 Å². The van der Waals surface area contributed by atoms with E-state index in [1.807, 2.05) is 0 Å². The Morgan fingerprint density at radius 2 is 2.07 bits per heavy atom. The van der Waals surface area contributed by atoms with Gasteiger partial charge in [-0.1, -0.05) is 6.07 Å². The van der Waals surface area contributed by atoms with E-state index in [1.165, 1.54) is 36.5 Å². The van der Waals surface area contributed by atoms with Crippen molar-refractivity contribution in [3.63, 3.8) is 0 Å². The molecule has 138 valence electrons. The zero-order valence-corrected chi connectivity index (χ0v) is 14.3. The number of carbonyl (C=O) groups is 1. The number of amides is 1. The van der Waals surface area contributed by atoms with Gasteiger partial charge in [0.1, 0.15) is 11.3 Å². The second-order valence-electron chi connectivity index (χ2n) is 5.70. The van der Waals surface area contributed by atoms with Crippen LogP contribution in [0.15, 0.2) is 56.8 Å². The summed E-state index contributed by atoms with van der Waals surface area (Å²) in [6, 6.07) is 10.7. The minimum Gasteiger partial charge on any atom is -0.504 e. The molecule has 0 fully saturated rings. The van der Waals surface area contributed by atoms with Gasteiger partial charge in [-0.05, 0) is 36.8 Å². The third kappa shape index (κ3) is 4.24. The summed E-state index contributed by atoms with van der Waals surface area (Å²) in [6.07, 6.45) is 1.19. The fourth-order valence-electron chi connectivity index (χ4n) is 2.40. The van der Waals surface area contributed by atoms with E-state index in [4.69, 9.17) is 9.15 Å². The van der Waals surface area contributed by atoms with Crippen LogP contribution in [-0.2, 0) is 4.79 Å². The van der Waals surface area contributed by atoms with Gasteiger partial charge in [0.15, 0.2) is 18.1 Å². The predicted molar refractivity (Wildman–Crippen MR) is 98.2 cm³/mol. The van der Waals surface area contributed by atoms with E-state index in [2.05, 4.69) is 10.5 Å². The van der Waals surface area contributed by atoms with Gasteiger partial charge in [0.25, 0.3) is 5.91 Å². The molecule has 8 nitrogen and oxygen atoms in total. The second kappa shape index (κ2) is 7.61. The summed E-state index contributed by atoms with van der Waals surface area (Å²) in [5.41, 5.74) is 3.19. The van der Waals surface area contributed by atoms with Crippen molar-refractivity contribution in [2.75, 3.05) is 6.61 Å². The summed E-state index contributed by atoms with van der Waals surface area (Å²) in [5.74, 6) is -0.788. The van der Waals surface area contributed by atoms with Crippen LogP contribution in [0.4, 0.5) is 0 Å². The minimum absolute atomic E-state index is 0.246. The van der Waals surface area contributed by atoms with E-state index in [0.29, 0.717) is 11.3 Å². The van der Waals surface area contributed by atoms with Crippen LogP contribution in [0.2, 0.25) is 0 Å². The fourth-order valence-corrected chi connectivity index (χ4v) is 2.40. The van der Waals surface area contributed by atoms with E-state index in [0.717, 1.165) is 10.9 Å². The van der Waals surface area contributed by atoms with Crippen LogP contribution in [0.1, 0.15) is 11.1 Å². The van der Waals surface area contributed by atoms with Gasteiger partial charge in [-0.25, -0.2) is 10.2 Å².